The average molecular weight is 255 g/mol. The molecule has 0 unspecified atom stereocenters. The lowest BCUT2D eigenvalue weighted by molar-refractivity contribution is -0.140. The number of imidazole rings is 1. The van der Waals surface area contributed by atoms with Gasteiger partial charge in [-0.1, -0.05) is 12.2 Å². The van der Waals surface area contributed by atoms with Crippen molar-refractivity contribution in [2.45, 2.75) is 13.8 Å². The van der Waals surface area contributed by atoms with Crippen molar-refractivity contribution in [3.8, 4) is 0 Å². The fourth-order valence-corrected chi connectivity index (χ4v) is 1.32. The van der Waals surface area contributed by atoms with Gasteiger partial charge >= 0.3 is 5.97 Å². The van der Waals surface area contributed by atoms with Crippen molar-refractivity contribution in [2.24, 2.45) is 0 Å². The van der Waals surface area contributed by atoms with Crippen LogP contribution in [0.25, 0.3) is 11.2 Å². The summed E-state index contributed by atoms with van der Waals surface area (Å²) in [5.74, 6) is 0.0760. The molecule has 0 saturated carbocycles. The van der Waals surface area contributed by atoms with E-state index in [1.54, 1.807) is 6.92 Å². The van der Waals surface area contributed by atoms with Crippen LogP contribution in [0.1, 0.15) is 13.8 Å². The second-order valence-corrected chi connectivity index (χ2v) is 3.39. The first-order chi connectivity index (χ1) is 8.04. The van der Waals surface area contributed by atoms with E-state index in [-0.39, 0.29) is 11.9 Å². The van der Waals surface area contributed by atoms with Crippen LogP contribution >= 0.6 is 12.2 Å². The number of nitrogens with zero attached hydrogens (tertiary/aromatic N) is 2. The van der Waals surface area contributed by atoms with Gasteiger partial charge in [0.1, 0.15) is 10.2 Å². The lowest BCUT2D eigenvalue weighted by atomic mass is 10.6. The van der Waals surface area contributed by atoms with Gasteiger partial charge in [0.05, 0.1) is 12.9 Å². The Hall–Kier alpha value is -1.96. The maximum absolute atomic E-state index is 9.82. The van der Waals surface area contributed by atoms with E-state index in [0.717, 1.165) is 0 Å². The topological polar surface area (TPSA) is 110 Å². The molecule has 4 N–H and O–H groups in total. The quantitative estimate of drug-likeness (QED) is 0.521. The normalized spacial score (nSPS) is 9.53. The molecule has 8 heteroatoms. The van der Waals surface area contributed by atoms with Crippen LogP contribution in [0.2, 0.25) is 0 Å². The van der Waals surface area contributed by atoms with Crippen molar-refractivity contribution in [3.05, 3.63) is 11.0 Å². The van der Waals surface area contributed by atoms with E-state index in [9.17, 15) is 4.79 Å². The lowest BCUT2D eigenvalue weighted by Gasteiger charge is -1.91. The number of hydrogen-bond donors (Lipinski definition) is 3. The number of nitrogens with two attached hydrogens (primary N) is 1. The first kappa shape index (κ1) is 13.1. The van der Waals surface area contributed by atoms with Gasteiger partial charge in [-0.15, -0.1) is 0 Å². The molecule has 0 aromatic carbocycles. The fraction of sp³-hybridized carbons (Fsp3) is 0.333. The van der Waals surface area contributed by atoms with Gasteiger partial charge in [0.2, 0.25) is 5.95 Å². The van der Waals surface area contributed by atoms with Crippen molar-refractivity contribution in [1.82, 2.24) is 19.9 Å². The van der Waals surface area contributed by atoms with E-state index in [4.69, 9.17) is 18.0 Å². The molecule has 0 aliphatic rings. The molecule has 92 valence electrons. The largest absolute Gasteiger partial charge is 0.466 e. The highest BCUT2D eigenvalue weighted by Gasteiger charge is 1.99. The average Bonchev–Trinajstić information content (AvgIpc) is 2.66. The summed E-state index contributed by atoms with van der Waals surface area (Å²) in [4.78, 5) is 23.2. The van der Waals surface area contributed by atoms with Gasteiger partial charge in [0, 0.05) is 6.92 Å². The first-order valence-electron chi connectivity index (χ1n) is 4.86. The third-order valence-electron chi connectivity index (χ3n) is 1.66. The zero-order valence-electron chi connectivity index (χ0n) is 9.48. The summed E-state index contributed by atoms with van der Waals surface area (Å²) >= 11 is 4.95. The number of nitrogens with one attached hydrogen (secondary N) is 2. The van der Waals surface area contributed by atoms with E-state index in [1.807, 2.05) is 0 Å². The molecule has 2 heterocycles. The predicted octanol–water partition coefficient (Wildman–Crippen LogP) is 1.17. The number of hydrogen-bond acceptors (Lipinski definition) is 6. The van der Waals surface area contributed by atoms with Crippen molar-refractivity contribution < 1.29 is 9.53 Å². The molecular weight excluding hydrogens is 242 g/mol. The molecule has 0 saturated heterocycles. The highest BCUT2D eigenvalue weighted by molar-refractivity contribution is 7.71. The maximum Gasteiger partial charge on any atom is 0.302 e. The smallest absolute Gasteiger partial charge is 0.302 e. The van der Waals surface area contributed by atoms with Crippen LogP contribution in [-0.2, 0) is 9.53 Å². The molecule has 0 fully saturated rings. The van der Waals surface area contributed by atoms with Gasteiger partial charge < -0.3 is 20.4 Å². The molecule has 0 bridgehead atoms. The molecule has 2 rings (SSSR count). The summed E-state index contributed by atoms with van der Waals surface area (Å²) in [7, 11) is 0. The van der Waals surface area contributed by atoms with E-state index in [1.165, 1.54) is 13.3 Å². The molecule has 0 radical (unpaired) electrons. The highest BCUT2D eigenvalue weighted by Crippen LogP contribution is 2.06. The first-order valence-corrected chi connectivity index (χ1v) is 5.27. The van der Waals surface area contributed by atoms with Crippen LogP contribution < -0.4 is 5.73 Å². The summed E-state index contributed by atoms with van der Waals surface area (Å²) in [6.45, 7) is 3.65. The monoisotopic (exact) mass is 255 g/mol. The van der Waals surface area contributed by atoms with Crippen LogP contribution in [0, 0.1) is 4.64 Å². The number of nitrogen functional groups attached to an aromatic ring is 1. The number of fused-ring (bicyclic) bond motifs is 1. The Morgan fingerprint density at radius 3 is 2.88 bits per heavy atom. The molecule has 0 atom stereocenters. The minimum atomic E-state index is -0.211. The Balaban J connectivity index is 0.000000209. The van der Waals surface area contributed by atoms with Crippen molar-refractivity contribution in [2.75, 3.05) is 12.3 Å². The van der Waals surface area contributed by atoms with Gasteiger partial charge in [-0.25, -0.2) is 4.98 Å². The summed E-state index contributed by atoms with van der Waals surface area (Å²) in [6.07, 6.45) is 1.53. The van der Waals surface area contributed by atoms with Gasteiger partial charge in [-0.3, -0.25) is 4.79 Å². The van der Waals surface area contributed by atoms with Crippen molar-refractivity contribution in [1.29, 1.82) is 0 Å². The van der Waals surface area contributed by atoms with E-state index in [0.29, 0.717) is 22.4 Å². The number of carbonyl (C=O) groups is 1. The Morgan fingerprint density at radius 2 is 2.35 bits per heavy atom. The Labute approximate surface area is 102 Å². The second kappa shape index (κ2) is 5.94. The van der Waals surface area contributed by atoms with Gasteiger partial charge in [0.15, 0.2) is 5.65 Å². The van der Waals surface area contributed by atoms with Crippen molar-refractivity contribution in [3.63, 3.8) is 0 Å². The zero-order valence-corrected chi connectivity index (χ0v) is 10.3. The van der Waals surface area contributed by atoms with E-state index >= 15 is 0 Å². The molecule has 2 aromatic rings. The molecule has 0 aliphatic heterocycles. The summed E-state index contributed by atoms with van der Waals surface area (Å²) in [5, 5.41) is 0. The summed E-state index contributed by atoms with van der Waals surface area (Å²) < 4.78 is 4.94. The van der Waals surface area contributed by atoms with Gasteiger partial charge in [0.25, 0.3) is 0 Å². The summed E-state index contributed by atoms with van der Waals surface area (Å²) in [6, 6.07) is 0. The SMILES string of the molecule is CCOC(C)=O.Nc1nc2nc[nH]c2c(=S)[nH]1. The molecule has 17 heavy (non-hydrogen) atoms. The number of aromatic nitrogens is 4. The number of carbonyl (C=O) groups excluding carboxylic acids is 1. The number of ether oxygens (including phenoxy) is 1. The lowest BCUT2D eigenvalue weighted by Crippen LogP contribution is -1.95. The molecule has 0 aliphatic carbocycles. The van der Waals surface area contributed by atoms with Crippen LogP contribution in [0.3, 0.4) is 0 Å². The standard InChI is InChI=1S/C5H5N5S.C4H8O2/c6-5-9-3-2(4(11)10-5)7-1-8-3;1-3-6-4(2)5/h1H,(H4,6,7,8,9,10,11);3H2,1-2H3. The number of esters is 1. The molecule has 2 aromatic heterocycles. The van der Waals surface area contributed by atoms with Crippen LogP contribution in [0.15, 0.2) is 6.33 Å². The van der Waals surface area contributed by atoms with E-state index in [2.05, 4.69) is 24.7 Å². The Bertz CT molecular complexity index is 562. The second-order valence-electron chi connectivity index (χ2n) is 2.98. The number of anilines is 1. The third kappa shape index (κ3) is 3.83. The van der Waals surface area contributed by atoms with E-state index < -0.39 is 0 Å². The van der Waals surface area contributed by atoms with Crippen LogP contribution in [0.4, 0.5) is 5.95 Å². The van der Waals surface area contributed by atoms with Gasteiger partial charge in [-0.2, -0.15) is 4.98 Å². The minimum Gasteiger partial charge on any atom is -0.466 e. The maximum atomic E-state index is 9.82. The number of aromatic amines is 2. The number of H-pyrrole nitrogens is 2. The Kier molecular flexibility index (Phi) is 4.58. The molecular formula is C9H13N5O2S. The Morgan fingerprint density at radius 1 is 1.65 bits per heavy atom. The van der Waals surface area contributed by atoms with Crippen molar-refractivity contribution >= 4 is 35.3 Å². The third-order valence-corrected chi connectivity index (χ3v) is 1.97. The van der Waals surface area contributed by atoms with Crippen LogP contribution in [-0.4, -0.2) is 32.5 Å². The van der Waals surface area contributed by atoms with Crippen LogP contribution in [0.5, 0.6) is 0 Å². The van der Waals surface area contributed by atoms with Gasteiger partial charge in [-0.05, 0) is 6.92 Å². The minimum absolute atomic E-state index is 0.211. The highest BCUT2D eigenvalue weighted by atomic mass is 32.1. The fourth-order valence-electron chi connectivity index (χ4n) is 1.06. The molecule has 0 amide bonds. The summed E-state index contributed by atoms with van der Waals surface area (Å²) in [5.41, 5.74) is 6.66. The molecule has 7 nitrogen and oxygen atoms in total. The number of rotatable bonds is 1. The molecule has 0 spiro atoms. The predicted molar refractivity (Wildman–Crippen MR) is 65.8 cm³/mol. The zero-order chi connectivity index (χ0) is 12.8.